The van der Waals surface area contributed by atoms with Crippen molar-refractivity contribution in [3.63, 3.8) is 0 Å². The summed E-state index contributed by atoms with van der Waals surface area (Å²) in [5, 5.41) is 14.3. The zero-order valence-corrected chi connectivity index (χ0v) is 12.6. The Morgan fingerprint density at radius 2 is 2.08 bits per heavy atom. The highest BCUT2D eigenvalue weighted by Gasteiger charge is 2.43. The fourth-order valence-corrected chi connectivity index (χ4v) is 3.38. The van der Waals surface area contributed by atoms with E-state index in [0.717, 1.165) is 27.2 Å². The third-order valence-electron chi connectivity index (χ3n) is 4.46. The first-order valence-electron chi connectivity index (χ1n) is 7.51. The highest BCUT2D eigenvalue weighted by Crippen LogP contribution is 2.32. The standard InChI is InChI=1S/C16H14N4O4/c21-14-8-20(17-6-15(22)23)16(24)13-5-10-9-3-1-2-4-11(9)18-12(10)7-19(13)14/h1-4,6,13,18H,5,7-8H2,(H,22,23). The Morgan fingerprint density at radius 1 is 1.29 bits per heavy atom. The van der Waals surface area contributed by atoms with Crippen molar-refractivity contribution in [2.45, 2.75) is 19.0 Å². The van der Waals surface area contributed by atoms with E-state index in [4.69, 9.17) is 5.11 Å². The molecule has 122 valence electrons. The molecular formula is C16H14N4O4. The second-order valence-electron chi connectivity index (χ2n) is 5.85. The van der Waals surface area contributed by atoms with Gasteiger partial charge in [-0.15, -0.1) is 0 Å². The Bertz CT molecular complexity index is 901. The first-order valence-corrected chi connectivity index (χ1v) is 7.51. The van der Waals surface area contributed by atoms with Crippen molar-refractivity contribution in [1.29, 1.82) is 0 Å². The number of aromatic amines is 1. The Balaban J connectivity index is 1.71. The van der Waals surface area contributed by atoms with Crippen molar-refractivity contribution < 1.29 is 19.5 Å². The summed E-state index contributed by atoms with van der Waals surface area (Å²) in [5.74, 6) is -1.87. The average Bonchev–Trinajstić information content (AvgIpc) is 2.93. The molecule has 1 aromatic heterocycles. The predicted octanol–water partition coefficient (Wildman–Crippen LogP) is 0.334. The molecule has 8 nitrogen and oxygen atoms in total. The number of nitrogens with zero attached hydrogens (tertiary/aromatic N) is 3. The molecule has 0 bridgehead atoms. The van der Waals surface area contributed by atoms with Gasteiger partial charge in [0.05, 0.1) is 6.54 Å². The lowest BCUT2D eigenvalue weighted by Crippen LogP contribution is -2.60. The van der Waals surface area contributed by atoms with E-state index in [9.17, 15) is 14.4 Å². The maximum atomic E-state index is 12.6. The van der Waals surface area contributed by atoms with Crippen molar-refractivity contribution in [2.75, 3.05) is 6.54 Å². The fourth-order valence-electron chi connectivity index (χ4n) is 3.38. The van der Waals surface area contributed by atoms with Crippen LogP contribution in [0.4, 0.5) is 0 Å². The topological polar surface area (TPSA) is 106 Å². The molecule has 24 heavy (non-hydrogen) atoms. The number of para-hydroxylation sites is 1. The van der Waals surface area contributed by atoms with E-state index in [-0.39, 0.29) is 18.4 Å². The lowest BCUT2D eigenvalue weighted by molar-refractivity contribution is -0.157. The Morgan fingerprint density at radius 3 is 2.88 bits per heavy atom. The van der Waals surface area contributed by atoms with Crippen LogP contribution in [0.1, 0.15) is 11.3 Å². The first kappa shape index (κ1) is 14.4. The molecule has 1 fully saturated rings. The normalized spacial score (nSPS) is 20.6. The number of hydrazone groups is 1. The highest BCUT2D eigenvalue weighted by atomic mass is 16.4. The summed E-state index contributed by atoms with van der Waals surface area (Å²) in [6, 6.07) is 7.15. The van der Waals surface area contributed by atoms with Gasteiger partial charge in [-0.3, -0.25) is 9.59 Å². The largest absolute Gasteiger partial charge is 0.477 e. The van der Waals surface area contributed by atoms with E-state index in [1.807, 2.05) is 24.3 Å². The van der Waals surface area contributed by atoms with E-state index in [1.54, 1.807) is 0 Å². The molecule has 2 aromatic rings. The molecule has 2 aliphatic heterocycles. The van der Waals surface area contributed by atoms with Crippen LogP contribution in [0.5, 0.6) is 0 Å². The molecule has 1 saturated heterocycles. The highest BCUT2D eigenvalue weighted by molar-refractivity contribution is 6.22. The van der Waals surface area contributed by atoms with Crippen LogP contribution in [0, 0.1) is 0 Å². The summed E-state index contributed by atoms with van der Waals surface area (Å²) >= 11 is 0. The molecule has 0 radical (unpaired) electrons. The molecule has 1 aromatic carbocycles. The van der Waals surface area contributed by atoms with E-state index >= 15 is 0 Å². The van der Waals surface area contributed by atoms with Crippen LogP contribution in [0.25, 0.3) is 10.9 Å². The van der Waals surface area contributed by atoms with Gasteiger partial charge in [0, 0.05) is 23.0 Å². The number of carbonyl (C=O) groups excluding carboxylic acids is 2. The molecule has 2 N–H and O–H groups in total. The van der Waals surface area contributed by atoms with Crippen LogP contribution < -0.4 is 0 Å². The van der Waals surface area contributed by atoms with Gasteiger partial charge in [0.1, 0.15) is 18.8 Å². The number of H-pyrrole nitrogens is 1. The van der Waals surface area contributed by atoms with E-state index < -0.39 is 12.0 Å². The van der Waals surface area contributed by atoms with Crippen molar-refractivity contribution in [3.8, 4) is 0 Å². The summed E-state index contributed by atoms with van der Waals surface area (Å²) in [4.78, 5) is 40.4. The minimum Gasteiger partial charge on any atom is -0.477 e. The van der Waals surface area contributed by atoms with E-state index in [1.165, 1.54) is 4.90 Å². The van der Waals surface area contributed by atoms with Crippen molar-refractivity contribution >= 4 is 34.9 Å². The number of carbonyl (C=O) groups is 3. The molecule has 2 aliphatic rings. The van der Waals surface area contributed by atoms with Gasteiger partial charge >= 0.3 is 5.97 Å². The van der Waals surface area contributed by atoms with E-state index in [0.29, 0.717) is 19.2 Å². The first-order chi connectivity index (χ1) is 11.5. The number of rotatable bonds is 2. The van der Waals surface area contributed by atoms with Crippen molar-refractivity contribution in [1.82, 2.24) is 14.9 Å². The third kappa shape index (κ3) is 2.15. The van der Waals surface area contributed by atoms with Gasteiger partial charge in [-0.2, -0.15) is 5.10 Å². The molecular weight excluding hydrogens is 312 g/mol. The molecule has 0 spiro atoms. The average molecular weight is 326 g/mol. The van der Waals surface area contributed by atoms with Gasteiger partial charge in [-0.1, -0.05) is 18.2 Å². The summed E-state index contributed by atoms with van der Waals surface area (Å²) in [7, 11) is 0. The van der Waals surface area contributed by atoms with Gasteiger partial charge in [-0.25, -0.2) is 9.80 Å². The predicted molar refractivity (Wildman–Crippen MR) is 84.2 cm³/mol. The molecule has 0 aliphatic carbocycles. The molecule has 1 unspecified atom stereocenters. The summed E-state index contributed by atoms with van der Waals surface area (Å²) in [6.07, 6.45) is 1.02. The number of amides is 2. The van der Waals surface area contributed by atoms with Gasteiger partial charge < -0.3 is 15.0 Å². The van der Waals surface area contributed by atoms with Crippen molar-refractivity contribution in [2.24, 2.45) is 5.10 Å². The van der Waals surface area contributed by atoms with Crippen molar-refractivity contribution in [3.05, 3.63) is 35.5 Å². The lowest BCUT2D eigenvalue weighted by Gasteiger charge is -2.40. The van der Waals surface area contributed by atoms with Crippen LogP contribution in [0.3, 0.4) is 0 Å². The maximum absolute atomic E-state index is 12.6. The summed E-state index contributed by atoms with van der Waals surface area (Å²) < 4.78 is 0. The number of nitrogens with one attached hydrogen (secondary N) is 1. The molecule has 2 amide bonds. The van der Waals surface area contributed by atoms with Gasteiger partial charge in [-0.05, 0) is 11.6 Å². The van der Waals surface area contributed by atoms with Crippen LogP contribution in [0.2, 0.25) is 0 Å². The summed E-state index contributed by atoms with van der Waals surface area (Å²) in [5.41, 5.74) is 2.94. The van der Waals surface area contributed by atoms with E-state index in [2.05, 4.69) is 10.1 Å². The molecule has 8 heteroatoms. The number of carboxylic acid groups (broad SMARTS) is 1. The van der Waals surface area contributed by atoms with Gasteiger partial charge in [0.2, 0.25) is 5.91 Å². The smallest absolute Gasteiger partial charge is 0.348 e. The maximum Gasteiger partial charge on any atom is 0.348 e. The second kappa shape index (κ2) is 5.19. The van der Waals surface area contributed by atoms with Crippen LogP contribution in [-0.4, -0.2) is 56.6 Å². The quantitative estimate of drug-likeness (QED) is 0.776. The van der Waals surface area contributed by atoms with Gasteiger partial charge in [0.25, 0.3) is 5.91 Å². The molecule has 4 rings (SSSR count). The second-order valence-corrected chi connectivity index (χ2v) is 5.85. The Hall–Kier alpha value is -3.16. The summed E-state index contributed by atoms with van der Waals surface area (Å²) in [6.45, 7) is 0.102. The number of hydrogen-bond acceptors (Lipinski definition) is 4. The SMILES string of the molecule is O=C(O)C=NN1CC(=O)N2Cc3[nH]c4ccccc4c3CC2C1=O. The Kier molecular flexibility index (Phi) is 3.12. The number of aliphatic carboxylic acids is 1. The zero-order valence-electron chi connectivity index (χ0n) is 12.6. The fraction of sp³-hybridized carbons (Fsp3) is 0.250. The number of carboxylic acids is 1. The minimum atomic E-state index is -1.26. The molecule has 0 saturated carbocycles. The zero-order chi connectivity index (χ0) is 16.8. The number of aromatic nitrogens is 1. The Labute approximate surface area is 136 Å². The van der Waals surface area contributed by atoms with Crippen LogP contribution >= 0.6 is 0 Å². The number of benzene rings is 1. The van der Waals surface area contributed by atoms with Crippen LogP contribution in [0.15, 0.2) is 29.4 Å². The number of fused-ring (bicyclic) bond motifs is 4. The number of piperazine rings is 1. The lowest BCUT2D eigenvalue weighted by atomic mass is 9.94. The van der Waals surface area contributed by atoms with Gasteiger partial charge in [0.15, 0.2) is 0 Å². The molecule has 1 atom stereocenters. The van der Waals surface area contributed by atoms with Crippen LogP contribution in [-0.2, 0) is 27.3 Å². The monoisotopic (exact) mass is 326 g/mol. The minimum absolute atomic E-state index is 0.241. The number of hydrogen-bond donors (Lipinski definition) is 2. The third-order valence-corrected chi connectivity index (χ3v) is 4.46. The molecule has 3 heterocycles.